The van der Waals surface area contributed by atoms with Gasteiger partial charge in [-0.25, -0.2) is 44.3 Å². The maximum atomic E-state index is 12.8. The molecular formula is C92H115Cl6N7O21S3. The number of fused-ring (bicyclic) bond motifs is 3. The Morgan fingerprint density at radius 3 is 1.02 bits per heavy atom. The number of hydrogen-bond donors (Lipinski definition) is 6. The number of ether oxygens (including phenoxy) is 9. The number of nitrogens with two attached hydrogens (primary N) is 1. The smallest absolute Gasteiger partial charge is 0.335 e. The zero-order chi connectivity index (χ0) is 93.5. The molecule has 3 aliphatic rings. The van der Waals surface area contributed by atoms with E-state index in [-0.39, 0.29) is 82.4 Å². The maximum Gasteiger partial charge on any atom is 0.335 e. The van der Waals surface area contributed by atoms with E-state index in [1.54, 1.807) is 85.8 Å². The van der Waals surface area contributed by atoms with Crippen molar-refractivity contribution < 1.29 is 97.3 Å². The Morgan fingerprint density at radius 1 is 0.388 bits per heavy atom. The quantitative estimate of drug-likeness (QED) is 0.0152. The number of halogens is 6. The van der Waals surface area contributed by atoms with Crippen LogP contribution in [-0.2, 0) is 92.1 Å². The van der Waals surface area contributed by atoms with E-state index in [0.29, 0.717) is 171 Å². The molecule has 8 aromatic carbocycles. The second-order valence-corrected chi connectivity index (χ2v) is 38.6. The first kappa shape index (κ1) is 107. The Labute approximate surface area is 786 Å². The molecule has 8 aromatic rings. The van der Waals surface area contributed by atoms with Gasteiger partial charge in [-0.2, -0.15) is 0 Å². The topological polar surface area (TPSA) is 366 Å². The number of carbonyl (C=O) groups excluding carboxylic acids is 2. The first-order valence-corrected chi connectivity index (χ1v) is 49.1. The summed E-state index contributed by atoms with van der Waals surface area (Å²) in [4.78, 5) is 51.9. The standard InChI is InChI=1S/C34H41Cl2N3O7S.C26H35Cl2NO5S.C24H33Cl2N3O5S.C8H6O4/c1-3-33(40)25-4-6-26(7-5-25)34(41)37-12-14-44-16-18-46-19-17-45-15-13-38-47(42,43)28-10-8-24(9-11-28)30-22-39(2)23-31-29(30)20-27(35)21-32(31)36;1-3-9-32-11-13-34-14-12-33-10-4-15-35(30,31)22-7-5-20(6-8-22)24-18-29(2)19-25-23(24)16-21(27)17-26(25)28;1-29-16-22(21-14-19(25)15-24(26)23(21)17-29)18-2-4-20(5-3-18)35(30,31)28-7-9-33-11-13-34-12-10-32-8-6-27;9-7(10)5-1-2-6(4-3-5)8(11)12/h4-11,20-21,30,38H,3,12-19,22-23H2,1-2H3,(H,37,41);5-8,16-17,24H,3-4,9-15,18-19H2,1-2H3;2-5,14-15,22,28H,6-13,16-17,27H2,1H3;1-4H,(H,9,10)(H,11,12)/t30-;24-;22-;/m000./s1. The summed E-state index contributed by atoms with van der Waals surface area (Å²) in [6.45, 7) is 17.1. The molecule has 28 nitrogen and oxygen atoms in total. The third-order valence-electron chi connectivity index (χ3n) is 20.6. The van der Waals surface area contributed by atoms with Crippen LogP contribution in [0.2, 0.25) is 30.1 Å². The molecule has 7 N–H and O–H groups in total. The lowest BCUT2D eigenvalue weighted by Crippen LogP contribution is -2.31. The second kappa shape index (κ2) is 55.5. The van der Waals surface area contributed by atoms with Gasteiger partial charge < -0.3 is 78.6 Å². The van der Waals surface area contributed by atoms with Crippen molar-refractivity contribution >= 4 is 123 Å². The highest BCUT2D eigenvalue weighted by atomic mass is 35.5. The number of nitrogens with zero attached hydrogens (tertiary/aromatic N) is 3. The maximum absolute atomic E-state index is 12.8. The molecule has 0 radical (unpaired) electrons. The number of ketones is 1. The summed E-state index contributed by atoms with van der Waals surface area (Å²) in [7, 11) is -4.61. The van der Waals surface area contributed by atoms with Crippen molar-refractivity contribution in [2.45, 2.75) is 85.2 Å². The number of carboxylic acid groups (broad SMARTS) is 2. The molecule has 0 spiro atoms. The summed E-state index contributed by atoms with van der Waals surface area (Å²) in [6.07, 6.45) is 1.85. The van der Waals surface area contributed by atoms with E-state index >= 15 is 0 Å². The molecule has 0 saturated carbocycles. The van der Waals surface area contributed by atoms with Crippen LogP contribution in [0.1, 0.15) is 142 Å². The van der Waals surface area contributed by atoms with Gasteiger partial charge in [0.15, 0.2) is 15.6 Å². The van der Waals surface area contributed by atoms with Crippen molar-refractivity contribution in [1.82, 2.24) is 29.5 Å². The number of benzene rings is 8. The number of Topliss-reactive ketones (excluding diaryl/α,β-unsaturated/α-hetero) is 1. The van der Waals surface area contributed by atoms with Crippen LogP contribution in [0.3, 0.4) is 0 Å². The van der Waals surface area contributed by atoms with Gasteiger partial charge in [0.25, 0.3) is 5.91 Å². The van der Waals surface area contributed by atoms with Crippen LogP contribution in [0.4, 0.5) is 0 Å². The third-order valence-corrected chi connectivity index (χ3v) is 27.1. The van der Waals surface area contributed by atoms with Crippen LogP contribution in [-0.4, -0.2) is 265 Å². The third kappa shape index (κ3) is 35.3. The highest BCUT2D eigenvalue weighted by Crippen LogP contribution is 2.42. The molecule has 0 aliphatic carbocycles. The lowest BCUT2D eigenvalue weighted by molar-refractivity contribution is 0.0149. The van der Waals surface area contributed by atoms with E-state index in [0.717, 1.165) is 102 Å². The zero-order valence-corrected chi connectivity index (χ0v) is 79.9. The lowest BCUT2D eigenvalue weighted by atomic mass is 9.85. The normalized spacial score (nSPS) is 15.2. The Bertz CT molecular complexity index is 5040. The SMILES string of the molecule is CCC(=O)c1ccc(C(=O)NCCOCCOCCOCCNS(=O)(=O)c2ccc([C@@H]3CN(C)Cc4c(Cl)cc(Cl)cc43)cc2)cc1.CCCOCCOCCOCCCS(=O)(=O)c1ccc([C@@H]2CN(C)Cc3c(Cl)cc(Cl)cc32)cc1.CN1Cc2c(Cl)cc(Cl)cc2[C@H](c2ccc(S(=O)(=O)NCCOCCOCCOCCN)cc2)C1.O=C(O)c1ccc(C(=O)O)cc1. The van der Waals surface area contributed by atoms with E-state index in [1.165, 1.54) is 24.3 Å². The van der Waals surface area contributed by atoms with E-state index < -0.39 is 41.8 Å². The minimum absolute atomic E-state index is 0.0224. The molecule has 1 amide bonds. The fourth-order valence-electron chi connectivity index (χ4n) is 14.1. The summed E-state index contributed by atoms with van der Waals surface area (Å²) < 4.78 is 130. The number of amides is 1. The summed E-state index contributed by atoms with van der Waals surface area (Å²) >= 11 is 38.2. The fraction of sp³-hybridized carbons (Fsp3) is 0.435. The number of aromatic carboxylic acids is 2. The summed E-state index contributed by atoms with van der Waals surface area (Å²) in [5, 5.41) is 23.4. The van der Waals surface area contributed by atoms with Crippen LogP contribution in [0.25, 0.3) is 0 Å². The molecular weight excluding hydrogens is 1850 g/mol. The first-order valence-electron chi connectivity index (χ1n) is 42.2. The second-order valence-electron chi connectivity index (χ2n) is 30.4. The van der Waals surface area contributed by atoms with Gasteiger partial charge in [-0.15, -0.1) is 0 Å². The van der Waals surface area contributed by atoms with Gasteiger partial charge in [-0.1, -0.05) is 132 Å². The van der Waals surface area contributed by atoms with Gasteiger partial charge in [0.05, 0.1) is 137 Å². The van der Waals surface area contributed by atoms with Crippen molar-refractivity contribution in [3.63, 3.8) is 0 Å². The zero-order valence-electron chi connectivity index (χ0n) is 72.9. The number of sulfone groups is 1. The Kier molecular flexibility index (Phi) is 46.1. The molecule has 0 bridgehead atoms. The van der Waals surface area contributed by atoms with Gasteiger partial charge in [0.1, 0.15) is 0 Å². The minimum atomic E-state index is -3.70. The van der Waals surface area contributed by atoms with Crippen molar-refractivity contribution in [2.75, 3.05) is 192 Å². The predicted molar refractivity (Wildman–Crippen MR) is 501 cm³/mol. The van der Waals surface area contributed by atoms with E-state index in [2.05, 4.69) is 43.4 Å². The number of sulfonamides is 2. The Balaban J connectivity index is 0.000000227. The van der Waals surface area contributed by atoms with Crippen LogP contribution in [0.5, 0.6) is 0 Å². The fourth-order valence-corrected chi connectivity index (χ4v) is 19.2. The summed E-state index contributed by atoms with van der Waals surface area (Å²) in [5.41, 5.74) is 16.0. The molecule has 704 valence electrons. The molecule has 3 heterocycles. The molecule has 0 unspecified atom stereocenters. The van der Waals surface area contributed by atoms with Crippen LogP contribution < -0.4 is 20.5 Å². The van der Waals surface area contributed by atoms with E-state index in [4.69, 9.17) is 128 Å². The number of carbonyl (C=O) groups is 4. The number of likely N-dealkylation sites (N-methyl/N-ethyl adjacent to an activating group) is 3. The molecule has 3 atom stereocenters. The number of nitrogens with one attached hydrogen (secondary N) is 3. The highest BCUT2D eigenvalue weighted by Gasteiger charge is 2.32. The number of rotatable bonds is 48. The molecule has 11 rings (SSSR count). The minimum Gasteiger partial charge on any atom is -0.478 e. The summed E-state index contributed by atoms with van der Waals surface area (Å²) in [5.74, 6) is -2.14. The molecule has 37 heteroatoms. The predicted octanol–water partition coefficient (Wildman–Crippen LogP) is 14.1. The highest BCUT2D eigenvalue weighted by molar-refractivity contribution is 7.91. The lowest BCUT2D eigenvalue weighted by Gasteiger charge is -2.33. The van der Waals surface area contributed by atoms with Crippen LogP contribution in [0, 0.1) is 0 Å². The largest absolute Gasteiger partial charge is 0.478 e. The van der Waals surface area contributed by atoms with Gasteiger partial charge >= 0.3 is 11.9 Å². The van der Waals surface area contributed by atoms with Gasteiger partial charge in [-0.05, 0) is 193 Å². The van der Waals surface area contributed by atoms with Crippen molar-refractivity contribution in [1.29, 1.82) is 0 Å². The van der Waals surface area contributed by atoms with E-state index in [1.807, 2.05) is 68.7 Å². The van der Waals surface area contributed by atoms with Gasteiger partial charge in [0, 0.05) is 144 Å². The van der Waals surface area contributed by atoms with Crippen molar-refractivity contribution in [3.05, 3.63) is 260 Å². The number of hydrogen-bond acceptors (Lipinski definition) is 23. The van der Waals surface area contributed by atoms with Gasteiger partial charge in [0.2, 0.25) is 20.0 Å². The van der Waals surface area contributed by atoms with Gasteiger partial charge in [-0.3, -0.25) is 9.59 Å². The molecule has 0 saturated heterocycles. The summed E-state index contributed by atoms with van der Waals surface area (Å²) in [6, 6.07) is 43.8. The van der Waals surface area contributed by atoms with E-state index in [9.17, 15) is 44.4 Å². The number of carboxylic acids is 2. The van der Waals surface area contributed by atoms with Crippen molar-refractivity contribution in [3.8, 4) is 0 Å². The van der Waals surface area contributed by atoms with Crippen LogP contribution in [0.15, 0.2) is 172 Å². The molecule has 3 aliphatic heterocycles. The van der Waals surface area contributed by atoms with Crippen molar-refractivity contribution in [2.24, 2.45) is 5.73 Å². The average molecular weight is 1960 g/mol. The molecule has 129 heavy (non-hydrogen) atoms. The molecule has 0 fully saturated rings. The molecule has 0 aromatic heterocycles. The van der Waals surface area contributed by atoms with Crippen LogP contribution >= 0.6 is 69.6 Å². The Morgan fingerprint density at radius 2 is 0.690 bits per heavy atom. The first-order chi connectivity index (χ1) is 61.8. The Hall–Kier alpha value is -7.17. The monoisotopic (exact) mass is 1960 g/mol. The average Bonchev–Trinajstić information content (AvgIpc) is 0.781.